The summed E-state index contributed by atoms with van der Waals surface area (Å²) in [6.07, 6.45) is 0. The molecule has 3 rings (SSSR count). The van der Waals surface area contributed by atoms with Gasteiger partial charge in [-0.05, 0) is 31.3 Å². The van der Waals surface area contributed by atoms with Crippen molar-refractivity contribution in [2.75, 3.05) is 33.2 Å². The lowest BCUT2D eigenvalue weighted by molar-refractivity contribution is 0.190. The topological polar surface area (TPSA) is 100 Å². The van der Waals surface area contributed by atoms with E-state index in [1.807, 2.05) is 7.05 Å². The van der Waals surface area contributed by atoms with Crippen molar-refractivity contribution in [2.45, 2.75) is 17.9 Å². The molecule has 1 unspecified atom stereocenters. The number of benzene rings is 1. The Kier molecular flexibility index (Phi) is 4.95. The Hall–Kier alpha value is -1.81. The summed E-state index contributed by atoms with van der Waals surface area (Å²) >= 11 is 0. The molecule has 2 aromatic rings. The molecule has 1 aromatic carbocycles. The molecular weight excluding hydrogens is 330 g/mol. The minimum Gasteiger partial charge on any atom is -0.334 e. The lowest BCUT2D eigenvalue weighted by Gasteiger charge is -2.30. The summed E-state index contributed by atoms with van der Waals surface area (Å²) in [6.45, 7) is 4.73. The van der Waals surface area contributed by atoms with E-state index < -0.39 is 10.0 Å². The molecule has 0 bridgehead atoms. The van der Waals surface area contributed by atoms with Crippen molar-refractivity contribution in [3.8, 4) is 11.5 Å². The molecule has 1 atom stereocenters. The highest BCUT2D eigenvalue weighted by atomic mass is 32.2. The lowest BCUT2D eigenvalue weighted by Crippen LogP contribution is -2.44. The Morgan fingerprint density at radius 2 is 2.12 bits per heavy atom. The maximum atomic E-state index is 12.0. The summed E-state index contributed by atoms with van der Waals surface area (Å²) in [7, 11) is -1.43. The van der Waals surface area contributed by atoms with Gasteiger partial charge in [0, 0.05) is 31.7 Å². The van der Waals surface area contributed by atoms with Gasteiger partial charge in [-0.1, -0.05) is 12.1 Å². The lowest BCUT2D eigenvalue weighted by atomic mass is 10.2. The summed E-state index contributed by atoms with van der Waals surface area (Å²) in [4.78, 5) is 6.85. The van der Waals surface area contributed by atoms with Crippen LogP contribution >= 0.6 is 0 Å². The van der Waals surface area contributed by atoms with Gasteiger partial charge in [-0.3, -0.25) is 4.90 Å². The molecule has 0 radical (unpaired) electrons. The van der Waals surface area contributed by atoms with Gasteiger partial charge >= 0.3 is 0 Å². The van der Waals surface area contributed by atoms with Gasteiger partial charge in [0.25, 0.3) is 5.89 Å². The summed E-state index contributed by atoms with van der Waals surface area (Å²) in [6, 6.07) is 6.48. The molecule has 2 N–H and O–H groups in total. The fourth-order valence-corrected chi connectivity index (χ4v) is 3.67. The highest BCUT2D eigenvalue weighted by Crippen LogP contribution is 2.23. The van der Waals surface area contributed by atoms with E-state index in [0.717, 1.165) is 19.6 Å². The molecule has 0 saturated carbocycles. The SMILES string of the molecule is CCNS(=O)(=O)c1ccc(-c2nc(C3CNCCN3C)no2)cc1. The maximum Gasteiger partial charge on any atom is 0.257 e. The Morgan fingerprint density at radius 3 is 2.79 bits per heavy atom. The number of hydrogen-bond donors (Lipinski definition) is 2. The van der Waals surface area contributed by atoms with Crippen molar-refractivity contribution in [3.05, 3.63) is 30.1 Å². The molecule has 0 amide bonds. The number of piperazine rings is 1. The van der Waals surface area contributed by atoms with Crippen molar-refractivity contribution >= 4 is 10.0 Å². The average Bonchev–Trinajstić information content (AvgIpc) is 3.05. The normalized spacial score (nSPS) is 19.5. The van der Waals surface area contributed by atoms with Crippen molar-refractivity contribution in [2.24, 2.45) is 0 Å². The van der Waals surface area contributed by atoms with Gasteiger partial charge < -0.3 is 9.84 Å². The van der Waals surface area contributed by atoms with E-state index in [9.17, 15) is 8.42 Å². The van der Waals surface area contributed by atoms with Crippen molar-refractivity contribution < 1.29 is 12.9 Å². The second-order valence-corrected chi connectivity index (χ2v) is 7.45. The van der Waals surface area contributed by atoms with Gasteiger partial charge in [0.05, 0.1) is 10.9 Å². The van der Waals surface area contributed by atoms with Crippen LogP contribution in [0.4, 0.5) is 0 Å². The number of rotatable bonds is 5. The predicted octanol–water partition coefficient (Wildman–Crippen LogP) is 0.611. The maximum absolute atomic E-state index is 12.0. The first-order valence-electron chi connectivity index (χ1n) is 7.86. The molecule has 1 aliphatic rings. The van der Waals surface area contributed by atoms with E-state index in [4.69, 9.17) is 4.52 Å². The molecule has 1 aromatic heterocycles. The zero-order valence-electron chi connectivity index (χ0n) is 13.7. The minimum atomic E-state index is -3.46. The van der Waals surface area contributed by atoms with Crippen LogP contribution in [0.3, 0.4) is 0 Å². The highest BCUT2D eigenvalue weighted by Gasteiger charge is 2.25. The van der Waals surface area contributed by atoms with Gasteiger partial charge in [0.1, 0.15) is 0 Å². The molecule has 9 heteroatoms. The number of aromatic nitrogens is 2. The van der Waals surface area contributed by atoms with Crippen LogP contribution in [-0.4, -0.2) is 56.7 Å². The molecule has 8 nitrogen and oxygen atoms in total. The summed E-state index contributed by atoms with van der Waals surface area (Å²) < 4.78 is 31.7. The Labute approximate surface area is 141 Å². The third kappa shape index (κ3) is 3.48. The van der Waals surface area contributed by atoms with E-state index >= 15 is 0 Å². The second kappa shape index (κ2) is 6.98. The smallest absolute Gasteiger partial charge is 0.257 e. The number of nitrogens with one attached hydrogen (secondary N) is 2. The first kappa shape index (κ1) is 17.0. The molecule has 1 saturated heterocycles. The zero-order valence-corrected chi connectivity index (χ0v) is 14.5. The van der Waals surface area contributed by atoms with E-state index in [0.29, 0.717) is 23.8 Å². The minimum absolute atomic E-state index is 0.0738. The Bertz CT molecular complexity index is 788. The summed E-state index contributed by atoms with van der Waals surface area (Å²) in [5.41, 5.74) is 0.690. The molecular formula is C15H21N5O3S. The average molecular weight is 351 g/mol. The standard InChI is InChI=1S/C15H21N5O3S/c1-3-17-24(21,22)12-6-4-11(5-7-12)15-18-14(19-23-15)13-10-16-8-9-20(13)2/h4-7,13,16-17H,3,8-10H2,1-2H3. The van der Waals surface area contributed by atoms with E-state index in [1.165, 1.54) is 12.1 Å². The molecule has 0 aliphatic carbocycles. The fraction of sp³-hybridized carbons (Fsp3) is 0.467. The fourth-order valence-electron chi connectivity index (χ4n) is 2.63. The molecule has 2 heterocycles. The number of likely N-dealkylation sites (N-methyl/N-ethyl adjacent to an activating group) is 1. The van der Waals surface area contributed by atoms with Crippen LogP contribution in [0.2, 0.25) is 0 Å². The van der Waals surface area contributed by atoms with Gasteiger partial charge in [-0.2, -0.15) is 4.98 Å². The van der Waals surface area contributed by atoms with Crippen molar-refractivity contribution in [1.29, 1.82) is 0 Å². The van der Waals surface area contributed by atoms with Gasteiger partial charge in [-0.15, -0.1) is 0 Å². The molecule has 24 heavy (non-hydrogen) atoms. The quantitative estimate of drug-likeness (QED) is 0.814. The van der Waals surface area contributed by atoms with E-state index in [2.05, 4.69) is 25.1 Å². The number of hydrogen-bond acceptors (Lipinski definition) is 7. The predicted molar refractivity (Wildman–Crippen MR) is 88.8 cm³/mol. The summed E-state index contributed by atoms with van der Waals surface area (Å²) in [5.74, 6) is 1.01. The monoisotopic (exact) mass is 351 g/mol. The molecule has 1 aliphatic heterocycles. The van der Waals surface area contributed by atoms with Crippen molar-refractivity contribution in [1.82, 2.24) is 25.1 Å². The first-order valence-corrected chi connectivity index (χ1v) is 9.34. The Morgan fingerprint density at radius 1 is 1.38 bits per heavy atom. The first-order chi connectivity index (χ1) is 11.5. The third-order valence-corrected chi connectivity index (χ3v) is 5.56. The number of nitrogens with zero attached hydrogens (tertiary/aromatic N) is 3. The van der Waals surface area contributed by atoms with Crippen LogP contribution in [0.5, 0.6) is 0 Å². The highest BCUT2D eigenvalue weighted by molar-refractivity contribution is 7.89. The van der Waals surface area contributed by atoms with Gasteiger partial charge in [-0.25, -0.2) is 13.1 Å². The number of sulfonamides is 1. The van der Waals surface area contributed by atoms with Crippen LogP contribution in [0.1, 0.15) is 18.8 Å². The van der Waals surface area contributed by atoms with Gasteiger partial charge in [0.2, 0.25) is 10.0 Å². The van der Waals surface area contributed by atoms with Crippen LogP contribution in [-0.2, 0) is 10.0 Å². The van der Waals surface area contributed by atoms with Gasteiger partial charge in [0.15, 0.2) is 5.82 Å². The zero-order chi connectivity index (χ0) is 17.2. The van der Waals surface area contributed by atoms with Crippen molar-refractivity contribution in [3.63, 3.8) is 0 Å². The van der Waals surface area contributed by atoms with Crippen LogP contribution < -0.4 is 10.0 Å². The molecule has 0 spiro atoms. The van der Waals surface area contributed by atoms with E-state index in [1.54, 1.807) is 19.1 Å². The van der Waals surface area contributed by atoms with E-state index in [-0.39, 0.29) is 10.9 Å². The van der Waals surface area contributed by atoms with Crippen LogP contribution in [0.15, 0.2) is 33.7 Å². The molecule has 130 valence electrons. The summed E-state index contributed by atoms with van der Waals surface area (Å²) in [5, 5.41) is 7.38. The third-order valence-electron chi connectivity index (χ3n) is 4.00. The molecule has 1 fully saturated rings. The largest absolute Gasteiger partial charge is 0.334 e. The second-order valence-electron chi connectivity index (χ2n) is 5.68. The Balaban J connectivity index is 1.80. The van der Waals surface area contributed by atoms with Crippen LogP contribution in [0, 0.1) is 0 Å². The van der Waals surface area contributed by atoms with Crippen LogP contribution in [0.25, 0.3) is 11.5 Å².